The minimum Gasteiger partial charge on any atom is -0.355 e. The smallest absolute Gasteiger partial charge is 0.244 e. The van der Waals surface area contributed by atoms with Crippen molar-refractivity contribution in [1.82, 2.24) is 9.62 Å². The maximum absolute atomic E-state index is 13.6. The second-order valence-corrected chi connectivity index (χ2v) is 9.92. The Labute approximate surface area is 181 Å². The maximum Gasteiger partial charge on any atom is 0.244 e. The fourth-order valence-corrected chi connectivity index (χ4v) is 5.44. The van der Waals surface area contributed by atoms with Crippen molar-refractivity contribution >= 4 is 15.9 Å². The number of hydrogen-bond acceptors (Lipinski definition) is 3. The van der Waals surface area contributed by atoms with Crippen LogP contribution >= 0.6 is 0 Å². The molecule has 0 aliphatic rings. The molecule has 0 radical (unpaired) electrons. The van der Waals surface area contributed by atoms with E-state index in [2.05, 4.69) is 12.2 Å². The van der Waals surface area contributed by atoms with Crippen LogP contribution in [0.5, 0.6) is 0 Å². The molecular weight excluding hydrogens is 396 g/mol. The standard InChI is InChI=1S/C24H34N2O3S/c1-6-7-8-13-25-23(27)17-26(16-22-11-9-18(2)10-12-22)30(28,29)24-20(4)14-19(3)15-21(24)5/h9-12,14-15H,6-8,13,16-17H2,1-5H3,(H,25,27). The van der Waals surface area contributed by atoms with Crippen LogP contribution in [0.1, 0.15) is 54.0 Å². The molecule has 0 aliphatic carbocycles. The van der Waals surface area contributed by atoms with Gasteiger partial charge >= 0.3 is 0 Å². The zero-order chi connectivity index (χ0) is 22.3. The summed E-state index contributed by atoms with van der Waals surface area (Å²) in [5, 5.41) is 2.86. The Morgan fingerprint density at radius 2 is 1.53 bits per heavy atom. The molecule has 2 aromatic rings. The van der Waals surface area contributed by atoms with Crippen LogP contribution < -0.4 is 5.32 Å². The number of nitrogens with one attached hydrogen (secondary N) is 1. The van der Waals surface area contributed by atoms with E-state index < -0.39 is 10.0 Å². The van der Waals surface area contributed by atoms with Gasteiger partial charge in [-0.2, -0.15) is 4.31 Å². The number of rotatable bonds is 10. The average molecular weight is 431 g/mol. The summed E-state index contributed by atoms with van der Waals surface area (Å²) in [4.78, 5) is 12.8. The van der Waals surface area contributed by atoms with E-state index in [-0.39, 0.29) is 19.0 Å². The Bertz CT molecular complexity index is 943. The molecule has 0 saturated carbocycles. The summed E-state index contributed by atoms with van der Waals surface area (Å²) >= 11 is 0. The van der Waals surface area contributed by atoms with E-state index in [1.807, 2.05) is 64.1 Å². The van der Waals surface area contributed by atoms with Crippen LogP contribution in [0, 0.1) is 27.7 Å². The molecular formula is C24H34N2O3S. The molecule has 2 rings (SSSR count). The van der Waals surface area contributed by atoms with Gasteiger partial charge in [-0.05, 0) is 50.8 Å². The minimum absolute atomic E-state index is 0.151. The quantitative estimate of drug-likeness (QED) is 0.568. The van der Waals surface area contributed by atoms with Crippen LogP contribution in [0.4, 0.5) is 0 Å². The molecule has 2 aromatic carbocycles. The molecule has 0 aliphatic heterocycles. The third kappa shape index (κ3) is 6.41. The highest BCUT2D eigenvalue weighted by Crippen LogP contribution is 2.26. The van der Waals surface area contributed by atoms with Gasteiger partial charge in [0, 0.05) is 13.1 Å². The second-order valence-electron chi connectivity index (χ2n) is 8.04. The van der Waals surface area contributed by atoms with E-state index in [1.165, 1.54) is 4.31 Å². The van der Waals surface area contributed by atoms with Gasteiger partial charge in [-0.3, -0.25) is 4.79 Å². The van der Waals surface area contributed by atoms with Crippen molar-refractivity contribution < 1.29 is 13.2 Å². The number of nitrogens with zero attached hydrogens (tertiary/aromatic N) is 1. The third-order valence-corrected chi connectivity index (χ3v) is 7.20. The first kappa shape index (κ1) is 24.1. The monoisotopic (exact) mass is 430 g/mol. The van der Waals surface area contributed by atoms with E-state index in [1.54, 1.807) is 0 Å². The molecule has 0 heterocycles. The summed E-state index contributed by atoms with van der Waals surface area (Å²) in [5.74, 6) is -0.274. The van der Waals surface area contributed by atoms with Gasteiger partial charge in [0.05, 0.1) is 11.4 Å². The molecule has 30 heavy (non-hydrogen) atoms. The average Bonchev–Trinajstić information content (AvgIpc) is 2.65. The summed E-state index contributed by atoms with van der Waals surface area (Å²) in [6.07, 6.45) is 2.99. The Morgan fingerprint density at radius 3 is 2.10 bits per heavy atom. The summed E-state index contributed by atoms with van der Waals surface area (Å²) in [6, 6.07) is 11.5. The van der Waals surface area contributed by atoms with Gasteiger partial charge in [-0.1, -0.05) is 67.3 Å². The Morgan fingerprint density at radius 1 is 0.933 bits per heavy atom. The number of aryl methyl sites for hydroxylation is 4. The molecule has 0 fully saturated rings. The summed E-state index contributed by atoms with van der Waals surface area (Å²) < 4.78 is 28.5. The normalized spacial score (nSPS) is 11.7. The van der Waals surface area contributed by atoms with E-state index in [0.717, 1.165) is 36.0 Å². The Balaban J connectivity index is 2.34. The van der Waals surface area contributed by atoms with Crippen LogP contribution in [0.3, 0.4) is 0 Å². The Hall–Kier alpha value is -2.18. The molecule has 0 unspecified atom stereocenters. The van der Waals surface area contributed by atoms with Gasteiger partial charge in [-0.25, -0.2) is 8.42 Å². The summed E-state index contributed by atoms with van der Waals surface area (Å²) in [7, 11) is -3.85. The fourth-order valence-electron chi connectivity index (χ4n) is 3.64. The zero-order valence-corrected chi connectivity index (χ0v) is 19.6. The maximum atomic E-state index is 13.6. The highest BCUT2D eigenvalue weighted by atomic mass is 32.2. The van der Waals surface area contributed by atoms with Crippen molar-refractivity contribution in [3.05, 3.63) is 64.2 Å². The Kier molecular flexibility index (Phi) is 8.62. The fraction of sp³-hybridized carbons (Fsp3) is 0.458. The summed E-state index contributed by atoms with van der Waals surface area (Å²) in [6.45, 7) is 10.2. The molecule has 0 saturated heterocycles. The van der Waals surface area contributed by atoms with Crippen molar-refractivity contribution in [1.29, 1.82) is 0 Å². The summed E-state index contributed by atoms with van der Waals surface area (Å²) in [5.41, 5.74) is 4.37. The van der Waals surface area contributed by atoms with E-state index in [0.29, 0.717) is 22.6 Å². The molecule has 0 atom stereocenters. The van der Waals surface area contributed by atoms with Crippen LogP contribution in [-0.4, -0.2) is 31.7 Å². The topological polar surface area (TPSA) is 66.5 Å². The SMILES string of the molecule is CCCCCNC(=O)CN(Cc1ccc(C)cc1)S(=O)(=O)c1c(C)cc(C)cc1C. The van der Waals surface area contributed by atoms with Gasteiger partial charge in [-0.15, -0.1) is 0 Å². The van der Waals surface area contributed by atoms with Crippen LogP contribution in [0.15, 0.2) is 41.3 Å². The molecule has 0 aromatic heterocycles. The lowest BCUT2D eigenvalue weighted by Gasteiger charge is -2.24. The van der Waals surface area contributed by atoms with Gasteiger partial charge in [0.15, 0.2) is 0 Å². The lowest BCUT2D eigenvalue weighted by molar-refractivity contribution is -0.121. The lowest BCUT2D eigenvalue weighted by Crippen LogP contribution is -2.41. The van der Waals surface area contributed by atoms with Gasteiger partial charge < -0.3 is 5.32 Å². The number of unbranched alkanes of at least 4 members (excludes halogenated alkanes) is 2. The predicted octanol–water partition coefficient (Wildman–Crippen LogP) is 4.42. The highest BCUT2D eigenvalue weighted by Gasteiger charge is 2.29. The van der Waals surface area contributed by atoms with E-state index >= 15 is 0 Å². The molecule has 1 amide bonds. The van der Waals surface area contributed by atoms with Crippen molar-refractivity contribution in [2.75, 3.05) is 13.1 Å². The van der Waals surface area contributed by atoms with Crippen molar-refractivity contribution in [2.24, 2.45) is 0 Å². The first-order valence-electron chi connectivity index (χ1n) is 10.6. The third-order valence-electron chi connectivity index (χ3n) is 5.10. The highest BCUT2D eigenvalue weighted by molar-refractivity contribution is 7.89. The largest absolute Gasteiger partial charge is 0.355 e. The van der Waals surface area contributed by atoms with Gasteiger partial charge in [0.25, 0.3) is 0 Å². The number of carbonyl (C=O) groups is 1. The second kappa shape index (κ2) is 10.7. The van der Waals surface area contributed by atoms with E-state index in [4.69, 9.17) is 0 Å². The molecule has 6 heteroatoms. The molecule has 1 N–H and O–H groups in total. The van der Waals surface area contributed by atoms with Crippen molar-refractivity contribution in [3.8, 4) is 0 Å². The molecule has 0 bridgehead atoms. The number of amides is 1. The number of hydrogen-bond donors (Lipinski definition) is 1. The van der Waals surface area contributed by atoms with Crippen molar-refractivity contribution in [2.45, 2.75) is 65.3 Å². The lowest BCUT2D eigenvalue weighted by atomic mass is 10.1. The number of benzene rings is 2. The molecule has 5 nitrogen and oxygen atoms in total. The van der Waals surface area contributed by atoms with E-state index in [9.17, 15) is 13.2 Å². The molecule has 0 spiro atoms. The van der Waals surface area contributed by atoms with Crippen LogP contribution in [-0.2, 0) is 21.4 Å². The predicted molar refractivity (Wildman–Crippen MR) is 122 cm³/mol. The number of carbonyl (C=O) groups excluding carboxylic acids is 1. The van der Waals surface area contributed by atoms with Gasteiger partial charge in [0.1, 0.15) is 0 Å². The van der Waals surface area contributed by atoms with Crippen LogP contribution in [0.2, 0.25) is 0 Å². The minimum atomic E-state index is -3.85. The first-order valence-corrected chi connectivity index (χ1v) is 12.0. The zero-order valence-electron chi connectivity index (χ0n) is 18.8. The van der Waals surface area contributed by atoms with Crippen molar-refractivity contribution in [3.63, 3.8) is 0 Å². The first-order chi connectivity index (χ1) is 14.1. The molecule has 164 valence electrons. The number of sulfonamides is 1. The van der Waals surface area contributed by atoms with Gasteiger partial charge in [0.2, 0.25) is 15.9 Å². The van der Waals surface area contributed by atoms with Crippen LogP contribution in [0.25, 0.3) is 0 Å².